The Morgan fingerprint density at radius 1 is 1.19 bits per heavy atom. The van der Waals surface area contributed by atoms with E-state index < -0.39 is 17.3 Å². The molecule has 1 aliphatic heterocycles. The second-order valence-electron chi connectivity index (χ2n) is 8.92. The van der Waals surface area contributed by atoms with Gasteiger partial charge in [-0.3, -0.25) is 14.5 Å². The van der Waals surface area contributed by atoms with Gasteiger partial charge in [-0.2, -0.15) is 0 Å². The highest BCUT2D eigenvalue weighted by Crippen LogP contribution is 2.48. The number of pyridine rings is 1. The Bertz CT molecular complexity index is 1430. The minimum Gasteiger partial charge on any atom is -0.360 e. The fourth-order valence-electron chi connectivity index (χ4n) is 4.70. The molecule has 0 radical (unpaired) electrons. The maximum Gasteiger partial charge on any atom is 0.272 e. The van der Waals surface area contributed by atoms with E-state index in [1.807, 2.05) is 30.3 Å². The van der Waals surface area contributed by atoms with E-state index in [-0.39, 0.29) is 28.9 Å². The van der Waals surface area contributed by atoms with Crippen LogP contribution in [0.2, 0.25) is 0 Å². The Labute approximate surface area is 213 Å². The third-order valence-corrected chi connectivity index (χ3v) is 7.11. The highest BCUT2D eigenvalue weighted by atomic mass is 32.1. The molecule has 2 aromatic carbocycles. The third-order valence-electron chi connectivity index (χ3n) is 6.74. The molecule has 0 bridgehead atoms. The first kappa shape index (κ1) is 23.6. The monoisotopic (exact) mass is 499 g/mol. The zero-order chi connectivity index (χ0) is 25.4. The minimum atomic E-state index is -0.896. The molecule has 1 N–H and O–H groups in total. The fourth-order valence-corrected chi connectivity index (χ4v) is 5.17. The van der Waals surface area contributed by atoms with Gasteiger partial charge in [0.1, 0.15) is 17.6 Å². The summed E-state index contributed by atoms with van der Waals surface area (Å²) in [4.78, 5) is 36.9. The standard InChI is InChI=1S/C27H22FN5O2S/c1-17-13-20(16-30-23(17)29-2)32-25(35)27(11-6-12-27)33(26(32)36)19-9-10-21(22(28)14-19)24(34)31-15-18-7-4-3-5-8-18/h3-5,7-10,13-14,16H,6,11-12,15H2,1H3,(H,31,34). The quantitative estimate of drug-likeness (QED) is 0.392. The average molecular weight is 500 g/mol. The van der Waals surface area contributed by atoms with Crippen molar-refractivity contribution in [3.05, 3.63) is 94.7 Å². The van der Waals surface area contributed by atoms with Crippen molar-refractivity contribution in [3.8, 4) is 0 Å². The Kier molecular flexibility index (Phi) is 5.98. The second-order valence-corrected chi connectivity index (χ2v) is 9.29. The van der Waals surface area contributed by atoms with Gasteiger partial charge >= 0.3 is 0 Å². The van der Waals surface area contributed by atoms with Crippen LogP contribution in [0, 0.1) is 19.3 Å². The van der Waals surface area contributed by atoms with Gasteiger partial charge in [0, 0.05) is 12.2 Å². The van der Waals surface area contributed by atoms with E-state index in [0.717, 1.165) is 12.0 Å². The predicted octanol–water partition coefficient (Wildman–Crippen LogP) is 5.07. The van der Waals surface area contributed by atoms with E-state index in [1.54, 1.807) is 24.0 Å². The number of hydrogen-bond donors (Lipinski definition) is 1. The Morgan fingerprint density at radius 3 is 2.56 bits per heavy atom. The Hall–Kier alpha value is -4.16. The highest BCUT2D eigenvalue weighted by Gasteiger charge is 2.59. The van der Waals surface area contributed by atoms with Crippen LogP contribution in [0.4, 0.5) is 21.6 Å². The molecule has 2 amide bonds. The summed E-state index contributed by atoms with van der Waals surface area (Å²) < 4.78 is 15.2. The van der Waals surface area contributed by atoms with Crippen molar-refractivity contribution in [2.45, 2.75) is 38.3 Å². The molecule has 1 spiro atoms. The van der Waals surface area contributed by atoms with Gasteiger partial charge in [-0.15, -0.1) is 4.98 Å². The molecule has 3 aromatic rings. The number of hydrogen-bond acceptors (Lipinski definition) is 4. The number of aromatic nitrogens is 1. The van der Waals surface area contributed by atoms with Gasteiger partial charge in [-0.25, -0.2) is 4.39 Å². The van der Waals surface area contributed by atoms with Gasteiger partial charge in [0.15, 0.2) is 5.11 Å². The zero-order valence-electron chi connectivity index (χ0n) is 19.5. The molecule has 2 heterocycles. The van der Waals surface area contributed by atoms with E-state index in [1.165, 1.54) is 23.2 Å². The lowest BCUT2D eigenvalue weighted by atomic mass is 9.75. The van der Waals surface area contributed by atoms with Crippen molar-refractivity contribution in [3.63, 3.8) is 0 Å². The molecule has 1 saturated carbocycles. The lowest BCUT2D eigenvalue weighted by Crippen LogP contribution is -2.55. The average Bonchev–Trinajstić information content (AvgIpc) is 3.09. The maximum absolute atomic E-state index is 15.2. The zero-order valence-corrected chi connectivity index (χ0v) is 20.3. The molecule has 5 rings (SSSR count). The topological polar surface area (TPSA) is 69.9 Å². The molecule has 2 aliphatic rings. The number of amides is 2. The van der Waals surface area contributed by atoms with Crippen molar-refractivity contribution >= 4 is 46.3 Å². The molecule has 9 heteroatoms. The number of nitrogens with one attached hydrogen (secondary N) is 1. The third kappa shape index (κ3) is 3.80. The van der Waals surface area contributed by atoms with E-state index in [4.69, 9.17) is 18.8 Å². The van der Waals surface area contributed by atoms with Gasteiger partial charge in [0.25, 0.3) is 17.6 Å². The first-order valence-electron chi connectivity index (χ1n) is 11.5. The molecule has 1 aliphatic carbocycles. The maximum atomic E-state index is 15.2. The highest BCUT2D eigenvalue weighted by molar-refractivity contribution is 7.81. The molecule has 1 saturated heterocycles. The van der Waals surface area contributed by atoms with Crippen LogP contribution in [0.1, 0.15) is 40.7 Å². The van der Waals surface area contributed by atoms with Crippen molar-refractivity contribution in [1.29, 1.82) is 0 Å². The smallest absolute Gasteiger partial charge is 0.272 e. The molecule has 36 heavy (non-hydrogen) atoms. The van der Waals surface area contributed by atoms with E-state index in [9.17, 15) is 9.59 Å². The number of halogens is 1. The van der Waals surface area contributed by atoms with Gasteiger partial charge in [0.05, 0.1) is 11.3 Å². The second kappa shape index (κ2) is 9.13. The van der Waals surface area contributed by atoms with Crippen molar-refractivity contribution < 1.29 is 14.0 Å². The van der Waals surface area contributed by atoms with Crippen LogP contribution >= 0.6 is 12.2 Å². The Balaban J connectivity index is 1.43. The number of carbonyl (C=O) groups is 2. The molecular formula is C27H22FN5O2S. The number of carbonyl (C=O) groups excluding carboxylic acids is 2. The molecule has 0 atom stereocenters. The fraction of sp³-hybridized carbons (Fsp3) is 0.222. The number of rotatable bonds is 5. The van der Waals surface area contributed by atoms with Crippen LogP contribution in [-0.2, 0) is 11.3 Å². The SMILES string of the molecule is [C-]#[N+]c1ncc(N2C(=O)C3(CCC3)N(c3ccc(C(=O)NCc4ccccc4)c(F)c3)C2=S)cc1C. The van der Waals surface area contributed by atoms with Crippen molar-refractivity contribution in [2.24, 2.45) is 0 Å². The van der Waals surface area contributed by atoms with E-state index in [2.05, 4.69) is 15.1 Å². The van der Waals surface area contributed by atoms with Crippen molar-refractivity contribution in [2.75, 3.05) is 9.80 Å². The lowest BCUT2D eigenvalue weighted by Gasteiger charge is -2.43. The van der Waals surface area contributed by atoms with E-state index in [0.29, 0.717) is 29.8 Å². The number of aryl methyl sites for hydroxylation is 1. The normalized spacial score (nSPS) is 16.1. The summed E-state index contributed by atoms with van der Waals surface area (Å²) in [6.45, 7) is 9.24. The van der Waals surface area contributed by atoms with Gasteiger partial charge in [0.2, 0.25) is 0 Å². The van der Waals surface area contributed by atoms with Crippen molar-refractivity contribution in [1.82, 2.24) is 10.3 Å². The van der Waals surface area contributed by atoms with Gasteiger partial charge in [-0.05, 0) is 73.8 Å². The molecule has 2 fully saturated rings. The predicted molar refractivity (Wildman–Crippen MR) is 138 cm³/mol. The summed E-state index contributed by atoms with van der Waals surface area (Å²) in [6.07, 6.45) is 3.46. The van der Waals surface area contributed by atoms with Gasteiger partial charge < -0.3 is 15.1 Å². The number of thiocarbonyl (C=S) groups is 1. The summed E-state index contributed by atoms with van der Waals surface area (Å²) >= 11 is 5.72. The molecule has 180 valence electrons. The summed E-state index contributed by atoms with van der Waals surface area (Å²) in [5.41, 5.74) is 1.45. The first-order valence-corrected chi connectivity index (χ1v) is 11.9. The summed E-state index contributed by atoms with van der Waals surface area (Å²) in [5.74, 6) is -1.15. The lowest BCUT2D eigenvalue weighted by molar-refractivity contribution is -0.123. The largest absolute Gasteiger partial charge is 0.360 e. The minimum absolute atomic E-state index is 0.0832. The molecule has 7 nitrogen and oxygen atoms in total. The summed E-state index contributed by atoms with van der Waals surface area (Å²) in [7, 11) is 0. The van der Waals surface area contributed by atoms with E-state index >= 15 is 4.39 Å². The van der Waals surface area contributed by atoms with Crippen LogP contribution in [0.15, 0.2) is 60.8 Å². The molecular weight excluding hydrogens is 477 g/mol. The Morgan fingerprint density at radius 2 is 1.94 bits per heavy atom. The van der Waals surface area contributed by atoms with Gasteiger partial charge in [-0.1, -0.05) is 36.9 Å². The van der Waals surface area contributed by atoms with Crippen LogP contribution in [-0.4, -0.2) is 27.4 Å². The van der Waals surface area contributed by atoms with Crippen LogP contribution in [0.5, 0.6) is 0 Å². The number of nitrogens with zero attached hydrogens (tertiary/aromatic N) is 4. The molecule has 0 unspecified atom stereocenters. The number of anilines is 2. The van der Waals surface area contributed by atoms with Crippen LogP contribution in [0.3, 0.4) is 0 Å². The molecule has 1 aromatic heterocycles. The van der Waals surface area contributed by atoms with Crippen LogP contribution < -0.4 is 15.1 Å². The summed E-state index contributed by atoms with van der Waals surface area (Å²) in [6, 6.07) is 15.4. The first-order chi connectivity index (χ1) is 17.4. The summed E-state index contributed by atoms with van der Waals surface area (Å²) in [5, 5.41) is 2.95. The number of benzene rings is 2. The van der Waals surface area contributed by atoms with Crippen LogP contribution in [0.25, 0.3) is 4.85 Å².